The zero-order chi connectivity index (χ0) is 9.10. The van der Waals surface area contributed by atoms with Gasteiger partial charge in [0.1, 0.15) is 0 Å². The quantitative estimate of drug-likeness (QED) is 0.449. The molecule has 4 fully saturated rings. The highest BCUT2D eigenvalue weighted by molar-refractivity contribution is 9.10. The van der Waals surface area contributed by atoms with Crippen LogP contribution in [0.5, 0.6) is 0 Å². The summed E-state index contributed by atoms with van der Waals surface area (Å²) in [5.41, 5.74) is 0.285. The molecule has 0 N–H and O–H groups in total. The highest BCUT2D eigenvalue weighted by Crippen LogP contribution is 2.64. The first-order chi connectivity index (χ1) is 6.13. The van der Waals surface area contributed by atoms with Crippen LogP contribution in [0, 0.1) is 29.6 Å². The van der Waals surface area contributed by atoms with Crippen molar-refractivity contribution in [1.82, 2.24) is 0 Å². The fourth-order valence-electron chi connectivity index (χ4n) is 4.32. The predicted molar refractivity (Wildman–Crippen MR) is 57.6 cm³/mol. The van der Waals surface area contributed by atoms with E-state index in [1.807, 2.05) is 0 Å². The van der Waals surface area contributed by atoms with Gasteiger partial charge in [0, 0.05) is 9.74 Å². The summed E-state index contributed by atoms with van der Waals surface area (Å²) < 4.78 is 0.434. The maximum absolute atomic E-state index is 5.72. The lowest BCUT2D eigenvalue weighted by Crippen LogP contribution is -2.52. The van der Waals surface area contributed by atoms with E-state index in [2.05, 4.69) is 21.9 Å². The van der Waals surface area contributed by atoms with E-state index in [0.717, 1.165) is 11.8 Å². The van der Waals surface area contributed by atoms with Crippen molar-refractivity contribution in [3.05, 3.63) is 0 Å². The lowest BCUT2D eigenvalue weighted by molar-refractivity contribution is 0.00172. The summed E-state index contributed by atoms with van der Waals surface area (Å²) >= 11 is 3.94. The van der Waals surface area contributed by atoms with E-state index in [4.69, 9.17) is 6.42 Å². The summed E-state index contributed by atoms with van der Waals surface area (Å²) in [6.07, 6.45) is 13.8. The van der Waals surface area contributed by atoms with E-state index in [-0.39, 0.29) is 5.41 Å². The Kier molecular flexibility index (Phi) is 1.50. The van der Waals surface area contributed by atoms with E-state index in [0.29, 0.717) is 4.32 Å². The molecular formula is C12H15Br. The molecule has 4 saturated carbocycles. The number of rotatable bonds is 0. The molecule has 2 unspecified atom stereocenters. The van der Waals surface area contributed by atoms with E-state index in [9.17, 15) is 0 Å². The van der Waals surface area contributed by atoms with Gasteiger partial charge in [0.2, 0.25) is 0 Å². The maximum atomic E-state index is 5.72. The third-order valence-corrected chi connectivity index (χ3v) is 5.22. The molecule has 70 valence electrons. The van der Waals surface area contributed by atoms with Crippen LogP contribution in [-0.2, 0) is 0 Å². The van der Waals surface area contributed by atoms with Gasteiger partial charge in [0.05, 0.1) is 0 Å². The number of halogens is 1. The Morgan fingerprint density at radius 3 is 2.23 bits per heavy atom. The van der Waals surface area contributed by atoms with Crippen molar-refractivity contribution in [3.8, 4) is 12.3 Å². The van der Waals surface area contributed by atoms with E-state index in [1.54, 1.807) is 0 Å². The summed E-state index contributed by atoms with van der Waals surface area (Å²) in [6, 6.07) is 0. The zero-order valence-electron chi connectivity index (χ0n) is 7.85. The Bertz CT molecular complexity index is 272. The van der Waals surface area contributed by atoms with Crippen molar-refractivity contribution >= 4 is 15.9 Å². The van der Waals surface area contributed by atoms with Gasteiger partial charge in [0.25, 0.3) is 0 Å². The first kappa shape index (κ1) is 8.36. The van der Waals surface area contributed by atoms with Crippen LogP contribution in [-0.4, -0.2) is 4.32 Å². The molecular weight excluding hydrogens is 224 g/mol. The molecule has 0 heterocycles. The first-order valence-corrected chi connectivity index (χ1v) is 6.09. The predicted octanol–water partition coefficient (Wildman–Crippen LogP) is 3.35. The molecule has 2 atom stereocenters. The molecule has 4 aliphatic rings. The van der Waals surface area contributed by atoms with Crippen molar-refractivity contribution in [2.75, 3.05) is 0 Å². The topological polar surface area (TPSA) is 0 Å². The minimum absolute atomic E-state index is 0.285. The molecule has 0 aromatic heterocycles. The number of terminal acetylenes is 1. The second-order valence-corrected chi connectivity index (χ2v) is 7.22. The lowest BCUT2D eigenvalue weighted by Gasteiger charge is -2.58. The summed E-state index contributed by atoms with van der Waals surface area (Å²) in [5, 5.41) is 0. The largest absolute Gasteiger partial charge is 0.120 e. The van der Waals surface area contributed by atoms with E-state index in [1.165, 1.54) is 38.5 Å². The second-order valence-electron chi connectivity index (χ2n) is 5.54. The molecule has 13 heavy (non-hydrogen) atoms. The van der Waals surface area contributed by atoms with Gasteiger partial charge in [-0.05, 0) is 50.4 Å². The Labute approximate surface area is 88.6 Å². The van der Waals surface area contributed by atoms with Crippen molar-refractivity contribution in [2.45, 2.75) is 42.8 Å². The Balaban J connectivity index is 2.01. The van der Waals surface area contributed by atoms with Crippen LogP contribution in [0.4, 0.5) is 0 Å². The Hall–Kier alpha value is 0.0400. The number of alkyl halides is 1. The minimum atomic E-state index is 0.285. The van der Waals surface area contributed by atoms with Crippen molar-refractivity contribution in [2.24, 2.45) is 17.3 Å². The summed E-state index contributed by atoms with van der Waals surface area (Å²) in [6.45, 7) is 0. The average molecular weight is 239 g/mol. The van der Waals surface area contributed by atoms with E-state index >= 15 is 0 Å². The van der Waals surface area contributed by atoms with E-state index < -0.39 is 0 Å². The van der Waals surface area contributed by atoms with Crippen LogP contribution in [0.2, 0.25) is 0 Å². The first-order valence-electron chi connectivity index (χ1n) is 5.30. The van der Waals surface area contributed by atoms with Gasteiger partial charge in [-0.25, -0.2) is 0 Å². The molecule has 0 aromatic rings. The van der Waals surface area contributed by atoms with Gasteiger partial charge in [-0.2, -0.15) is 0 Å². The highest BCUT2D eigenvalue weighted by Gasteiger charge is 2.56. The van der Waals surface area contributed by atoms with Crippen molar-refractivity contribution in [3.63, 3.8) is 0 Å². The normalized spacial score (nSPS) is 57.8. The summed E-state index contributed by atoms with van der Waals surface area (Å²) in [5.74, 6) is 4.96. The van der Waals surface area contributed by atoms with Crippen LogP contribution >= 0.6 is 15.9 Å². The minimum Gasteiger partial charge on any atom is -0.120 e. The van der Waals surface area contributed by atoms with Gasteiger partial charge in [0.15, 0.2) is 0 Å². The standard InChI is InChI=1S/C12H15Br/c1-2-11-4-9-3-10(5-11)7-12(13,6-9)8-11/h1,9-10H,3-8H2. The average Bonchev–Trinajstić information content (AvgIpc) is 1.99. The molecule has 4 bridgehead atoms. The molecule has 0 aliphatic heterocycles. The molecule has 0 radical (unpaired) electrons. The van der Waals surface area contributed by atoms with Gasteiger partial charge < -0.3 is 0 Å². The SMILES string of the molecule is C#CC12CC3CC(CC(Br)(C3)C1)C2. The molecule has 0 saturated heterocycles. The van der Waals surface area contributed by atoms with Gasteiger partial charge in [-0.1, -0.05) is 21.9 Å². The smallest absolute Gasteiger partial charge is 0.0330 e. The van der Waals surface area contributed by atoms with Crippen LogP contribution in [0.3, 0.4) is 0 Å². The molecule has 4 aliphatic carbocycles. The Morgan fingerprint density at radius 1 is 1.15 bits per heavy atom. The summed E-state index contributed by atoms with van der Waals surface area (Å²) in [4.78, 5) is 0. The monoisotopic (exact) mass is 238 g/mol. The van der Waals surface area contributed by atoms with Gasteiger partial charge >= 0.3 is 0 Å². The maximum Gasteiger partial charge on any atom is 0.0330 e. The molecule has 1 heteroatoms. The lowest BCUT2D eigenvalue weighted by atomic mass is 9.50. The molecule has 0 spiro atoms. The van der Waals surface area contributed by atoms with Crippen LogP contribution in [0.1, 0.15) is 38.5 Å². The second kappa shape index (κ2) is 2.34. The van der Waals surface area contributed by atoms with Crippen LogP contribution < -0.4 is 0 Å². The molecule has 0 nitrogen and oxygen atoms in total. The fraction of sp³-hybridized carbons (Fsp3) is 0.833. The fourth-order valence-corrected chi connectivity index (χ4v) is 5.77. The Morgan fingerprint density at radius 2 is 1.77 bits per heavy atom. The van der Waals surface area contributed by atoms with Gasteiger partial charge in [-0.3, -0.25) is 0 Å². The molecule has 0 aromatic carbocycles. The van der Waals surface area contributed by atoms with Crippen LogP contribution in [0.15, 0.2) is 0 Å². The third-order valence-electron chi connectivity index (χ3n) is 4.30. The molecule has 4 rings (SSSR count). The highest BCUT2D eigenvalue weighted by atomic mass is 79.9. The number of hydrogen-bond acceptors (Lipinski definition) is 0. The van der Waals surface area contributed by atoms with Crippen molar-refractivity contribution in [1.29, 1.82) is 0 Å². The van der Waals surface area contributed by atoms with Gasteiger partial charge in [-0.15, -0.1) is 6.42 Å². The van der Waals surface area contributed by atoms with Crippen LogP contribution in [0.25, 0.3) is 0 Å². The number of hydrogen-bond donors (Lipinski definition) is 0. The third kappa shape index (κ3) is 1.11. The zero-order valence-corrected chi connectivity index (χ0v) is 9.44. The van der Waals surface area contributed by atoms with Crippen molar-refractivity contribution < 1.29 is 0 Å². The molecule has 0 amide bonds. The summed E-state index contributed by atoms with van der Waals surface area (Å²) in [7, 11) is 0.